The third kappa shape index (κ3) is 6.13. The molecule has 1 aromatic carbocycles. The summed E-state index contributed by atoms with van der Waals surface area (Å²) >= 11 is 1.25. The van der Waals surface area contributed by atoms with Gasteiger partial charge in [0.05, 0.1) is 0 Å². The maximum absolute atomic E-state index is 12.2. The normalized spacial score (nSPS) is 15.4. The van der Waals surface area contributed by atoms with Gasteiger partial charge in [0.15, 0.2) is 5.13 Å². The summed E-state index contributed by atoms with van der Waals surface area (Å²) in [5, 5.41) is 8.04. The number of carbonyl (C=O) groups excluding carboxylic acids is 1. The number of thiazole rings is 1. The van der Waals surface area contributed by atoms with Crippen molar-refractivity contribution in [3.8, 4) is 5.75 Å². The minimum absolute atomic E-state index is 0.209. The second-order valence-electron chi connectivity index (χ2n) is 6.45. The molecule has 0 atom stereocenters. The fourth-order valence-electron chi connectivity index (χ4n) is 3.02. The van der Waals surface area contributed by atoms with Gasteiger partial charge in [0, 0.05) is 17.6 Å². The number of hydrogen-bond acceptors (Lipinski definition) is 5. The fraction of sp³-hybridized carbons (Fsp3) is 0.444. The van der Waals surface area contributed by atoms with Crippen LogP contribution in [0.5, 0.6) is 5.75 Å². The van der Waals surface area contributed by atoms with Crippen molar-refractivity contribution in [2.45, 2.75) is 38.5 Å². The Morgan fingerprint density at radius 2 is 1.89 bits per heavy atom. The molecule has 3 rings (SSSR count). The summed E-state index contributed by atoms with van der Waals surface area (Å²) in [5.74, 6) is 0.0325. The molecule has 5 nitrogen and oxygen atoms in total. The number of carbonyl (C=O) groups is 1. The zero-order valence-electron chi connectivity index (χ0n) is 14.5. The second kappa shape index (κ2) is 8.60. The molecule has 1 fully saturated rings. The summed E-state index contributed by atoms with van der Waals surface area (Å²) in [5.41, 5.74) is 0.878. The van der Waals surface area contributed by atoms with Crippen molar-refractivity contribution in [1.82, 2.24) is 10.3 Å². The van der Waals surface area contributed by atoms with Crippen molar-refractivity contribution in [2.75, 3.05) is 11.9 Å². The lowest BCUT2D eigenvalue weighted by Crippen LogP contribution is -2.30. The van der Waals surface area contributed by atoms with Gasteiger partial charge in [-0.1, -0.05) is 19.3 Å². The predicted molar refractivity (Wildman–Crippen MR) is 97.4 cm³/mol. The molecular formula is C18H20F3N3O2S. The van der Waals surface area contributed by atoms with Gasteiger partial charge in [-0.3, -0.25) is 4.79 Å². The predicted octanol–water partition coefficient (Wildman–Crippen LogP) is 5.10. The van der Waals surface area contributed by atoms with E-state index in [2.05, 4.69) is 20.4 Å². The molecule has 0 spiro atoms. The van der Waals surface area contributed by atoms with Crippen molar-refractivity contribution in [3.05, 3.63) is 35.3 Å². The van der Waals surface area contributed by atoms with E-state index in [-0.39, 0.29) is 11.7 Å². The van der Waals surface area contributed by atoms with Crippen LogP contribution in [-0.2, 0) is 0 Å². The molecule has 0 unspecified atom stereocenters. The number of amides is 1. The zero-order valence-corrected chi connectivity index (χ0v) is 15.3. The second-order valence-corrected chi connectivity index (χ2v) is 7.31. The van der Waals surface area contributed by atoms with Crippen LogP contribution in [-0.4, -0.2) is 23.8 Å². The first-order chi connectivity index (χ1) is 12.9. The van der Waals surface area contributed by atoms with Gasteiger partial charge in [-0.2, -0.15) is 0 Å². The van der Waals surface area contributed by atoms with Crippen LogP contribution in [0.15, 0.2) is 29.6 Å². The van der Waals surface area contributed by atoms with Crippen molar-refractivity contribution in [3.63, 3.8) is 0 Å². The van der Waals surface area contributed by atoms with Gasteiger partial charge in [0.25, 0.3) is 5.91 Å². The largest absolute Gasteiger partial charge is 0.573 e. The number of hydrogen-bond donors (Lipinski definition) is 2. The molecule has 146 valence electrons. The quantitative estimate of drug-likeness (QED) is 0.710. The lowest BCUT2D eigenvalue weighted by Gasteiger charge is -2.21. The van der Waals surface area contributed by atoms with E-state index >= 15 is 0 Å². The molecule has 9 heteroatoms. The Labute approximate surface area is 158 Å². The monoisotopic (exact) mass is 399 g/mol. The molecule has 1 heterocycles. The standard InChI is InChI=1S/C18H20F3N3O2S/c19-18(20,21)26-14-8-6-13(7-9-14)23-17-24-15(11-27-17)16(25)22-10-12-4-2-1-3-5-12/h6-9,11-12H,1-5,10H2,(H,22,25)(H,23,24). The number of anilines is 2. The van der Waals surface area contributed by atoms with Crippen molar-refractivity contribution >= 4 is 28.1 Å². The average molecular weight is 399 g/mol. The van der Waals surface area contributed by atoms with E-state index in [0.717, 1.165) is 12.8 Å². The molecule has 1 aliphatic rings. The summed E-state index contributed by atoms with van der Waals surface area (Å²) in [6, 6.07) is 5.32. The Morgan fingerprint density at radius 1 is 1.19 bits per heavy atom. The summed E-state index contributed by atoms with van der Waals surface area (Å²) in [6.45, 7) is 0.666. The van der Waals surface area contributed by atoms with Crippen molar-refractivity contribution in [1.29, 1.82) is 0 Å². The van der Waals surface area contributed by atoms with Gasteiger partial charge in [-0.15, -0.1) is 24.5 Å². The molecule has 0 radical (unpaired) electrons. The molecule has 0 aliphatic heterocycles. The van der Waals surface area contributed by atoms with E-state index in [0.29, 0.717) is 29.0 Å². The Balaban J connectivity index is 1.51. The van der Waals surface area contributed by atoms with Crippen LogP contribution in [0.2, 0.25) is 0 Å². The number of aromatic nitrogens is 1. The third-order valence-corrected chi connectivity index (χ3v) is 5.11. The summed E-state index contributed by atoms with van der Waals surface area (Å²) in [6.07, 6.45) is 1.30. The lowest BCUT2D eigenvalue weighted by molar-refractivity contribution is -0.274. The van der Waals surface area contributed by atoms with Crippen molar-refractivity contribution in [2.24, 2.45) is 5.92 Å². The fourth-order valence-corrected chi connectivity index (χ4v) is 3.73. The van der Waals surface area contributed by atoms with Gasteiger partial charge in [0.2, 0.25) is 0 Å². The molecule has 1 aliphatic carbocycles. The Hall–Kier alpha value is -2.29. The first-order valence-electron chi connectivity index (χ1n) is 8.75. The van der Waals surface area contributed by atoms with Gasteiger partial charge in [-0.25, -0.2) is 4.98 Å². The minimum atomic E-state index is -4.72. The van der Waals surface area contributed by atoms with Crippen LogP contribution in [0.25, 0.3) is 0 Å². The highest BCUT2D eigenvalue weighted by Gasteiger charge is 2.30. The number of nitrogens with one attached hydrogen (secondary N) is 2. The van der Waals surface area contributed by atoms with E-state index in [4.69, 9.17) is 0 Å². The number of rotatable bonds is 6. The van der Waals surface area contributed by atoms with E-state index in [1.165, 1.54) is 54.9 Å². The van der Waals surface area contributed by atoms with E-state index in [1.54, 1.807) is 5.38 Å². The van der Waals surface area contributed by atoms with Gasteiger partial charge < -0.3 is 15.4 Å². The van der Waals surface area contributed by atoms with E-state index in [9.17, 15) is 18.0 Å². The van der Waals surface area contributed by atoms with Gasteiger partial charge in [-0.05, 0) is 43.0 Å². The molecule has 1 saturated carbocycles. The molecule has 2 aromatic rings. The number of alkyl halides is 3. The molecule has 1 amide bonds. The van der Waals surface area contributed by atoms with Crippen LogP contribution >= 0.6 is 11.3 Å². The van der Waals surface area contributed by atoms with Crippen LogP contribution in [0.3, 0.4) is 0 Å². The highest BCUT2D eigenvalue weighted by molar-refractivity contribution is 7.14. The lowest BCUT2D eigenvalue weighted by atomic mass is 9.89. The van der Waals surface area contributed by atoms with Crippen LogP contribution in [0, 0.1) is 5.92 Å². The van der Waals surface area contributed by atoms with Crippen LogP contribution < -0.4 is 15.4 Å². The van der Waals surface area contributed by atoms with Crippen LogP contribution in [0.4, 0.5) is 24.0 Å². The molecule has 1 aromatic heterocycles. The Morgan fingerprint density at radius 3 is 2.56 bits per heavy atom. The van der Waals surface area contributed by atoms with Crippen molar-refractivity contribution < 1.29 is 22.7 Å². The maximum atomic E-state index is 12.2. The zero-order chi connectivity index (χ0) is 19.3. The molecule has 0 bridgehead atoms. The number of halogens is 3. The minimum Gasteiger partial charge on any atom is -0.406 e. The first-order valence-corrected chi connectivity index (χ1v) is 9.63. The molecule has 27 heavy (non-hydrogen) atoms. The smallest absolute Gasteiger partial charge is 0.406 e. The van der Waals surface area contributed by atoms with E-state index in [1.807, 2.05) is 0 Å². The number of nitrogens with zero attached hydrogens (tertiary/aromatic N) is 1. The molecular weight excluding hydrogens is 379 g/mol. The average Bonchev–Trinajstić information content (AvgIpc) is 3.10. The highest BCUT2D eigenvalue weighted by atomic mass is 32.1. The maximum Gasteiger partial charge on any atom is 0.573 e. The van der Waals surface area contributed by atoms with Gasteiger partial charge in [0.1, 0.15) is 11.4 Å². The third-order valence-electron chi connectivity index (χ3n) is 4.35. The number of benzene rings is 1. The summed E-state index contributed by atoms with van der Waals surface area (Å²) in [7, 11) is 0. The first kappa shape index (κ1) is 19.5. The highest BCUT2D eigenvalue weighted by Crippen LogP contribution is 2.27. The summed E-state index contributed by atoms with van der Waals surface area (Å²) in [4.78, 5) is 16.4. The number of ether oxygens (including phenoxy) is 1. The Bertz CT molecular complexity index is 756. The molecule has 2 N–H and O–H groups in total. The molecule has 0 saturated heterocycles. The van der Waals surface area contributed by atoms with E-state index < -0.39 is 6.36 Å². The topological polar surface area (TPSA) is 63.2 Å². The Kier molecular flexibility index (Phi) is 6.20. The van der Waals surface area contributed by atoms with Gasteiger partial charge >= 0.3 is 6.36 Å². The SMILES string of the molecule is O=C(NCC1CCCCC1)c1csc(Nc2ccc(OC(F)(F)F)cc2)n1. The summed E-state index contributed by atoms with van der Waals surface area (Å²) < 4.78 is 40.3. The van der Waals surface area contributed by atoms with Crippen LogP contribution in [0.1, 0.15) is 42.6 Å².